The molecule has 3 rings (SSSR count). The van der Waals surface area contributed by atoms with Crippen LogP contribution in [0.3, 0.4) is 0 Å². The zero-order valence-corrected chi connectivity index (χ0v) is 17.2. The van der Waals surface area contributed by atoms with Gasteiger partial charge in [-0.25, -0.2) is 4.39 Å². The molecule has 1 saturated carbocycles. The number of allylic oxidation sites excluding steroid dienone is 2. The molecule has 0 heterocycles. The summed E-state index contributed by atoms with van der Waals surface area (Å²) in [6.07, 6.45) is -3.37. The highest BCUT2D eigenvalue weighted by atomic mass is 35.5. The molecule has 7 heteroatoms. The predicted octanol–water partition coefficient (Wildman–Crippen LogP) is 6.42. The number of alkyl halides is 3. The van der Waals surface area contributed by atoms with E-state index in [-0.39, 0.29) is 12.4 Å². The van der Waals surface area contributed by atoms with Crippen LogP contribution in [-0.4, -0.2) is 12.1 Å². The van der Waals surface area contributed by atoms with E-state index in [2.05, 4.69) is 0 Å². The lowest BCUT2D eigenvalue weighted by atomic mass is 10.0. The molecule has 0 bridgehead atoms. The molecule has 0 radical (unpaired) electrons. The topological polar surface area (TPSA) is 26.3 Å². The minimum absolute atomic E-state index is 0.0864. The van der Waals surface area contributed by atoms with Gasteiger partial charge in [-0.3, -0.25) is 4.79 Å². The minimum atomic E-state index is -4.64. The van der Waals surface area contributed by atoms with Crippen LogP contribution in [0.5, 0.6) is 0 Å². The van der Waals surface area contributed by atoms with Gasteiger partial charge in [0, 0.05) is 6.42 Å². The number of hydrogen-bond acceptors (Lipinski definition) is 2. The molecule has 1 aliphatic carbocycles. The second kappa shape index (κ2) is 8.42. The molecule has 1 fully saturated rings. The maximum absolute atomic E-state index is 14.1. The van der Waals surface area contributed by atoms with Crippen LogP contribution < -0.4 is 0 Å². The van der Waals surface area contributed by atoms with Gasteiger partial charge in [0.05, 0.1) is 5.92 Å². The van der Waals surface area contributed by atoms with Gasteiger partial charge in [-0.15, -0.1) is 0 Å². The Bertz CT molecular complexity index is 951. The molecule has 0 amide bonds. The van der Waals surface area contributed by atoms with Crippen molar-refractivity contribution >= 4 is 17.6 Å². The van der Waals surface area contributed by atoms with E-state index in [1.54, 1.807) is 19.9 Å². The number of hydrogen-bond donors (Lipinski definition) is 0. The number of benzene rings is 2. The maximum atomic E-state index is 14.1. The third-order valence-corrected chi connectivity index (χ3v) is 5.83. The van der Waals surface area contributed by atoms with Crippen molar-refractivity contribution in [3.63, 3.8) is 0 Å². The Hall–Kier alpha value is -2.34. The van der Waals surface area contributed by atoms with Crippen molar-refractivity contribution in [1.29, 1.82) is 0 Å². The van der Waals surface area contributed by atoms with Gasteiger partial charge in [0.15, 0.2) is 0 Å². The highest BCUT2D eigenvalue weighted by Gasteiger charge is 2.62. The maximum Gasteiger partial charge on any atom is 0.426 e. The van der Waals surface area contributed by atoms with E-state index in [0.29, 0.717) is 17.5 Å². The van der Waals surface area contributed by atoms with Gasteiger partial charge in [0.1, 0.15) is 17.5 Å². The first-order chi connectivity index (χ1) is 14.0. The van der Waals surface area contributed by atoms with Crippen molar-refractivity contribution < 1.29 is 27.1 Å². The summed E-state index contributed by atoms with van der Waals surface area (Å²) in [7, 11) is 0. The number of halogens is 5. The zero-order valence-electron chi connectivity index (χ0n) is 16.5. The predicted molar refractivity (Wildman–Crippen MR) is 106 cm³/mol. The normalized spacial score (nSPS) is 20.7. The van der Waals surface area contributed by atoms with Crippen LogP contribution in [0, 0.1) is 23.1 Å². The lowest BCUT2D eigenvalue weighted by Crippen LogP contribution is -2.11. The fourth-order valence-corrected chi connectivity index (χ4v) is 3.74. The molecule has 0 unspecified atom stereocenters. The molecule has 160 valence electrons. The molecular formula is C23H21ClF4O2. The molecule has 0 aliphatic heterocycles. The molecule has 0 N–H and O–H groups in total. The first-order valence-corrected chi connectivity index (χ1v) is 9.80. The molecule has 30 heavy (non-hydrogen) atoms. The Labute approximate surface area is 177 Å². The number of ether oxygens (including phenoxy) is 1. The van der Waals surface area contributed by atoms with Crippen molar-refractivity contribution in [3.8, 4) is 0 Å². The Kier molecular flexibility index (Phi) is 6.27. The van der Waals surface area contributed by atoms with Crippen LogP contribution in [0.1, 0.15) is 30.5 Å². The van der Waals surface area contributed by atoms with Gasteiger partial charge < -0.3 is 4.74 Å². The number of rotatable bonds is 6. The third kappa shape index (κ3) is 5.04. The summed E-state index contributed by atoms with van der Waals surface area (Å²) in [5, 5.41) is -1.24. The lowest BCUT2D eigenvalue weighted by molar-refractivity contribution is -0.147. The molecule has 0 saturated heterocycles. The summed E-state index contributed by atoms with van der Waals surface area (Å²) < 4.78 is 57.5. The summed E-state index contributed by atoms with van der Waals surface area (Å²) in [5.74, 6) is -2.31. The van der Waals surface area contributed by atoms with E-state index in [1.165, 1.54) is 12.1 Å². The molecule has 0 spiro atoms. The average molecular weight is 441 g/mol. The van der Waals surface area contributed by atoms with Crippen molar-refractivity contribution in [2.24, 2.45) is 17.3 Å². The Morgan fingerprint density at radius 1 is 1.13 bits per heavy atom. The summed E-state index contributed by atoms with van der Waals surface area (Å²) in [5.41, 5.74) is 1.35. The molecule has 0 aromatic heterocycles. The summed E-state index contributed by atoms with van der Waals surface area (Å²) in [4.78, 5) is 12.4. The molecule has 2 atom stereocenters. The quantitative estimate of drug-likeness (QED) is 0.383. The fraction of sp³-hybridized carbons (Fsp3) is 0.348. The lowest BCUT2D eigenvalue weighted by Gasteiger charge is -2.09. The van der Waals surface area contributed by atoms with Crippen molar-refractivity contribution in [1.82, 2.24) is 0 Å². The van der Waals surface area contributed by atoms with Crippen LogP contribution in [0.2, 0.25) is 0 Å². The van der Waals surface area contributed by atoms with Crippen LogP contribution in [0.25, 0.3) is 0 Å². The largest absolute Gasteiger partial charge is 0.461 e. The van der Waals surface area contributed by atoms with Crippen molar-refractivity contribution in [3.05, 3.63) is 82.1 Å². The van der Waals surface area contributed by atoms with Crippen LogP contribution in [0.15, 0.2) is 59.6 Å². The molecular weight excluding hydrogens is 420 g/mol. The smallest absolute Gasteiger partial charge is 0.426 e. The molecule has 2 nitrogen and oxygen atoms in total. The Morgan fingerprint density at radius 2 is 1.80 bits per heavy atom. The van der Waals surface area contributed by atoms with Crippen LogP contribution in [0.4, 0.5) is 17.6 Å². The first kappa shape index (κ1) is 22.3. The number of carbonyl (C=O) groups excluding carboxylic acids is 1. The summed E-state index contributed by atoms with van der Waals surface area (Å²) in [6.45, 7) is 3.30. The van der Waals surface area contributed by atoms with Crippen molar-refractivity contribution in [2.45, 2.75) is 33.1 Å². The first-order valence-electron chi connectivity index (χ1n) is 9.42. The van der Waals surface area contributed by atoms with Crippen molar-refractivity contribution in [2.75, 3.05) is 0 Å². The van der Waals surface area contributed by atoms with Gasteiger partial charge in [-0.2, -0.15) is 13.2 Å². The van der Waals surface area contributed by atoms with E-state index < -0.39 is 34.4 Å². The van der Waals surface area contributed by atoms with Gasteiger partial charge >= 0.3 is 12.1 Å². The Balaban J connectivity index is 1.64. The van der Waals surface area contributed by atoms with E-state index in [9.17, 15) is 22.4 Å². The highest BCUT2D eigenvalue weighted by Crippen LogP contribution is 2.60. The number of esters is 1. The Morgan fingerprint density at radius 3 is 2.43 bits per heavy atom. The van der Waals surface area contributed by atoms with Gasteiger partial charge in [0.25, 0.3) is 0 Å². The van der Waals surface area contributed by atoms with Crippen LogP contribution in [-0.2, 0) is 22.6 Å². The zero-order chi connectivity index (χ0) is 22.1. The molecule has 2 aromatic rings. The SMILES string of the molecule is CC1(C)[C@H](C(=O)OCc2ccc(F)c(Cc3ccccc3)c2)[C@@H]1/C=C(\Cl)C(F)(F)F. The summed E-state index contributed by atoms with van der Waals surface area (Å²) in [6, 6.07) is 13.9. The number of carbonyl (C=O) groups is 1. The van der Waals surface area contributed by atoms with Gasteiger partial charge in [0.2, 0.25) is 0 Å². The molecule has 2 aromatic carbocycles. The fourth-order valence-electron chi connectivity index (χ4n) is 3.60. The molecule has 1 aliphatic rings. The standard InChI is InChI=1S/C23H21ClF4O2/c1-22(2)17(12-19(24)23(26,27)28)20(22)21(29)30-13-15-8-9-18(25)16(11-15)10-14-6-4-3-5-7-14/h3-9,11-12,17,20H,10,13H2,1-2H3/b19-12-/t17-,20-/m0/s1. The summed E-state index contributed by atoms with van der Waals surface area (Å²) >= 11 is 5.31. The third-order valence-electron chi connectivity index (χ3n) is 5.49. The second-order valence-corrected chi connectivity index (χ2v) is 8.44. The second-order valence-electron chi connectivity index (χ2n) is 8.03. The highest BCUT2D eigenvalue weighted by molar-refractivity contribution is 6.30. The van der Waals surface area contributed by atoms with E-state index >= 15 is 0 Å². The monoisotopic (exact) mass is 440 g/mol. The minimum Gasteiger partial charge on any atom is -0.461 e. The van der Waals surface area contributed by atoms with Crippen LogP contribution >= 0.6 is 11.6 Å². The van der Waals surface area contributed by atoms with Gasteiger partial charge in [-0.05, 0) is 40.2 Å². The van der Waals surface area contributed by atoms with E-state index in [0.717, 1.165) is 11.6 Å². The average Bonchev–Trinajstić information content (AvgIpc) is 3.22. The van der Waals surface area contributed by atoms with E-state index in [4.69, 9.17) is 16.3 Å². The van der Waals surface area contributed by atoms with E-state index in [1.807, 2.05) is 30.3 Å². The van der Waals surface area contributed by atoms with Gasteiger partial charge in [-0.1, -0.05) is 67.9 Å².